The van der Waals surface area contributed by atoms with Gasteiger partial charge >= 0.3 is 5.97 Å². The lowest BCUT2D eigenvalue weighted by molar-refractivity contribution is 0.0685. The molecule has 0 aliphatic heterocycles. The Morgan fingerprint density at radius 1 is 0.917 bits per heavy atom. The van der Waals surface area contributed by atoms with Crippen LogP contribution in [0.5, 0.6) is 0 Å². The lowest BCUT2D eigenvalue weighted by Crippen LogP contribution is -2.22. The van der Waals surface area contributed by atoms with Crippen molar-refractivity contribution in [2.75, 3.05) is 0 Å². The van der Waals surface area contributed by atoms with Gasteiger partial charge in [0.2, 0.25) is 0 Å². The molecule has 24 heavy (non-hydrogen) atoms. The predicted octanol–water partition coefficient (Wildman–Crippen LogP) is 3.58. The van der Waals surface area contributed by atoms with E-state index in [4.69, 9.17) is 9.63 Å². The number of hydrogen-bond donors (Lipinski definition) is 1. The molecule has 0 aliphatic carbocycles. The number of hydrogen-bond acceptors (Lipinski definition) is 4. The molecule has 3 aromatic rings. The molecule has 5 nitrogen and oxygen atoms in total. The van der Waals surface area contributed by atoms with Crippen molar-refractivity contribution in [2.45, 2.75) is 19.6 Å². The van der Waals surface area contributed by atoms with Crippen molar-refractivity contribution in [2.24, 2.45) is 0 Å². The van der Waals surface area contributed by atoms with Gasteiger partial charge in [-0.05, 0) is 11.1 Å². The molecule has 0 saturated heterocycles. The van der Waals surface area contributed by atoms with E-state index in [1.54, 1.807) is 0 Å². The second-order valence-electron chi connectivity index (χ2n) is 5.60. The topological polar surface area (TPSA) is 66.6 Å². The van der Waals surface area contributed by atoms with Crippen molar-refractivity contribution < 1.29 is 14.4 Å². The van der Waals surface area contributed by atoms with E-state index in [0.29, 0.717) is 12.3 Å². The minimum Gasteiger partial charge on any atom is -0.476 e. The molecule has 2 aromatic carbocycles. The Balaban J connectivity index is 1.76. The fourth-order valence-electron chi connectivity index (χ4n) is 2.56. The standard InChI is InChI=1S/C19H18N2O3/c22-19(23)18-11-17(24-20-18)14-21(12-15-7-3-1-4-8-15)13-16-9-5-2-6-10-16/h1-11H,12-14H2,(H,22,23). The zero-order valence-electron chi connectivity index (χ0n) is 13.1. The minimum absolute atomic E-state index is 0.0654. The number of carboxylic acid groups (broad SMARTS) is 1. The van der Waals surface area contributed by atoms with Gasteiger partial charge < -0.3 is 9.63 Å². The Bertz CT molecular complexity index is 743. The molecule has 0 unspecified atom stereocenters. The molecule has 0 fully saturated rings. The van der Waals surface area contributed by atoms with E-state index in [1.807, 2.05) is 36.4 Å². The highest BCUT2D eigenvalue weighted by Crippen LogP contribution is 2.15. The maximum absolute atomic E-state index is 10.9. The summed E-state index contributed by atoms with van der Waals surface area (Å²) in [5.41, 5.74) is 2.31. The van der Waals surface area contributed by atoms with E-state index in [0.717, 1.165) is 13.1 Å². The molecule has 5 heteroatoms. The third-order valence-corrected chi connectivity index (χ3v) is 3.66. The summed E-state index contributed by atoms with van der Waals surface area (Å²) in [4.78, 5) is 13.1. The molecule has 1 heterocycles. The lowest BCUT2D eigenvalue weighted by Gasteiger charge is -2.21. The summed E-state index contributed by atoms with van der Waals surface area (Å²) < 4.78 is 5.16. The number of rotatable bonds is 7. The van der Waals surface area contributed by atoms with Crippen LogP contribution in [-0.2, 0) is 19.6 Å². The van der Waals surface area contributed by atoms with Gasteiger partial charge in [0.25, 0.3) is 0 Å². The average Bonchev–Trinajstić information content (AvgIpc) is 3.05. The third-order valence-electron chi connectivity index (χ3n) is 3.66. The zero-order chi connectivity index (χ0) is 16.8. The highest BCUT2D eigenvalue weighted by Gasteiger charge is 2.15. The first-order valence-corrected chi connectivity index (χ1v) is 7.70. The molecule has 0 saturated carbocycles. The van der Waals surface area contributed by atoms with Crippen LogP contribution in [0.1, 0.15) is 27.4 Å². The summed E-state index contributed by atoms with van der Waals surface area (Å²) in [6.07, 6.45) is 0. The predicted molar refractivity (Wildman–Crippen MR) is 89.3 cm³/mol. The SMILES string of the molecule is O=C(O)c1cc(CN(Cc2ccccc2)Cc2ccccc2)on1. The van der Waals surface area contributed by atoms with Crippen molar-refractivity contribution in [3.05, 3.63) is 89.3 Å². The van der Waals surface area contributed by atoms with Crippen LogP contribution in [0.15, 0.2) is 71.3 Å². The number of aromatic carboxylic acids is 1. The van der Waals surface area contributed by atoms with Crippen LogP contribution in [0.2, 0.25) is 0 Å². The monoisotopic (exact) mass is 322 g/mol. The average molecular weight is 322 g/mol. The zero-order valence-corrected chi connectivity index (χ0v) is 13.1. The Kier molecular flexibility index (Phi) is 5.03. The summed E-state index contributed by atoms with van der Waals surface area (Å²) in [6.45, 7) is 1.96. The fraction of sp³-hybridized carbons (Fsp3) is 0.158. The second-order valence-corrected chi connectivity index (χ2v) is 5.60. The van der Waals surface area contributed by atoms with Crippen molar-refractivity contribution in [1.82, 2.24) is 10.1 Å². The summed E-state index contributed by atoms with van der Waals surface area (Å²) in [7, 11) is 0. The highest BCUT2D eigenvalue weighted by atomic mass is 16.5. The number of carboxylic acids is 1. The van der Waals surface area contributed by atoms with Crippen molar-refractivity contribution in [3.8, 4) is 0 Å². The largest absolute Gasteiger partial charge is 0.476 e. The number of aromatic nitrogens is 1. The maximum Gasteiger partial charge on any atom is 0.358 e. The summed E-state index contributed by atoms with van der Waals surface area (Å²) in [5.74, 6) is -0.540. The molecular weight excluding hydrogens is 304 g/mol. The van der Waals surface area contributed by atoms with Gasteiger partial charge in [-0.15, -0.1) is 0 Å². The van der Waals surface area contributed by atoms with Crippen LogP contribution in [0, 0.1) is 0 Å². The first-order chi connectivity index (χ1) is 11.7. The van der Waals surface area contributed by atoms with Crippen LogP contribution in [-0.4, -0.2) is 21.1 Å². The summed E-state index contributed by atoms with van der Waals surface area (Å²) in [5, 5.41) is 12.5. The van der Waals surface area contributed by atoms with Gasteiger partial charge in [0, 0.05) is 19.2 Å². The van der Waals surface area contributed by atoms with Gasteiger partial charge in [0.15, 0.2) is 11.5 Å². The van der Waals surface area contributed by atoms with Crippen molar-refractivity contribution in [1.29, 1.82) is 0 Å². The highest BCUT2D eigenvalue weighted by molar-refractivity contribution is 5.85. The van der Waals surface area contributed by atoms with Gasteiger partial charge in [0.1, 0.15) is 0 Å². The quantitative estimate of drug-likeness (QED) is 0.720. The van der Waals surface area contributed by atoms with Crippen LogP contribution in [0.4, 0.5) is 0 Å². The van der Waals surface area contributed by atoms with Crippen molar-refractivity contribution in [3.63, 3.8) is 0 Å². The molecular formula is C19H18N2O3. The van der Waals surface area contributed by atoms with Gasteiger partial charge in [-0.1, -0.05) is 65.8 Å². The van der Waals surface area contributed by atoms with E-state index in [-0.39, 0.29) is 5.69 Å². The van der Waals surface area contributed by atoms with Crippen LogP contribution in [0.25, 0.3) is 0 Å². The summed E-state index contributed by atoms with van der Waals surface area (Å²) in [6, 6.07) is 21.8. The summed E-state index contributed by atoms with van der Waals surface area (Å²) >= 11 is 0. The molecule has 1 N–H and O–H groups in total. The number of benzene rings is 2. The van der Waals surface area contributed by atoms with Gasteiger partial charge in [-0.2, -0.15) is 0 Å². The third kappa shape index (κ3) is 4.30. The molecule has 0 radical (unpaired) electrons. The van der Waals surface area contributed by atoms with Crippen LogP contribution < -0.4 is 0 Å². The second kappa shape index (κ2) is 7.57. The fourth-order valence-corrected chi connectivity index (χ4v) is 2.56. The van der Waals surface area contributed by atoms with E-state index in [1.165, 1.54) is 17.2 Å². The molecule has 0 atom stereocenters. The van der Waals surface area contributed by atoms with Crippen LogP contribution >= 0.6 is 0 Å². The Morgan fingerprint density at radius 3 is 1.92 bits per heavy atom. The first-order valence-electron chi connectivity index (χ1n) is 7.70. The number of nitrogens with zero attached hydrogens (tertiary/aromatic N) is 2. The lowest BCUT2D eigenvalue weighted by atomic mass is 10.1. The smallest absolute Gasteiger partial charge is 0.358 e. The van der Waals surface area contributed by atoms with E-state index < -0.39 is 5.97 Å². The minimum atomic E-state index is -1.08. The molecule has 0 amide bonds. The molecule has 0 spiro atoms. The Labute approximate surface area is 140 Å². The molecule has 122 valence electrons. The van der Waals surface area contributed by atoms with Crippen molar-refractivity contribution >= 4 is 5.97 Å². The van der Waals surface area contributed by atoms with Crippen LogP contribution in [0.3, 0.4) is 0 Å². The maximum atomic E-state index is 10.9. The van der Waals surface area contributed by atoms with E-state index in [9.17, 15) is 4.79 Å². The van der Waals surface area contributed by atoms with Gasteiger partial charge in [-0.25, -0.2) is 4.79 Å². The first kappa shape index (κ1) is 16.0. The molecule has 3 rings (SSSR count). The van der Waals surface area contributed by atoms with Gasteiger partial charge in [0.05, 0.1) is 6.54 Å². The Morgan fingerprint density at radius 2 is 1.46 bits per heavy atom. The number of carbonyl (C=O) groups is 1. The van der Waals surface area contributed by atoms with Gasteiger partial charge in [-0.3, -0.25) is 4.90 Å². The Hall–Kier alpha value is -2.92. The molecule has 1 aromatic heterocycles. The normalized spacial score (nSPS) is 10.9. The van der Waals surface area contributed by atoms with E-state index >= 15 is 0 Å². The van der Waals surface area contributed by atoms with E-state index in [2.05, 4.69) is 34.3 Å². The molecule has 0 aliphatic rings. The molecule has 0 bridgehead atoms.